The van der Waals surface area contributed by atoms with E-state index in [0.29, 0.717) is 28.2 Å². The molecule has 1 fully saturated rings. The number of amides is 1. The molecule has 0 spiro atoms. The summed E-state index contributed by atoms with van der Waals surface area (Å²) in [6.45, 7) is 4.58. The largest absolute Gasteiger partial charge is 0.397 e. The topological polar surface area (TPSA) is 58.4 Å². The minimum absolute atomic E-state index is 0.00604. The van der Waals surface area contributed by atoms with E-state index in [1.54, 1.807) is 18.2 Å². The number of hydrogen-bond acceptors (Lipinski definition) is 4. The molecule has 1 unspecified atom stereocenters. The van der Waals surface area contributed by atoms with E-state index in [0.717, 1.165) is 25.3 Å². The zero-order valence-electron chi connectivity index (χ0n) is 11.6. The first kappa shape index (κ1) is 15.5. The molecule has 0 radical (unpaired) electrons. The van der Waals surface area contributed by atoms with Gasteiger partial charge in [-0.2, -0.15) is 11.8 Å². The monoisotopic (exact) mass is 313 g/mol. The third-order valence-electron chi connectivity index (χ3n) is 3.33. The van der Waals surface area contributed by atoms with E-state index in [1.807, 2.05) is 11.8 Å². The Bertz CT molecular complexity index is 483. The van der Waals surface area contributed by atoms with E-state index in [2.05, 4.69) is 17.1 Å². The summed E-state index contributed by atoms with van der Waals surface area (Å²) in [5, 5.41) is 4.01. The van der Waals surface area contributed by atoms with E-state index in [-0.39, 0.29) is 5.91 Å². The molecule has 110 valence electrons. The highest BCUT2D eigenvalue weighted by molar-refractivity contribution is 8.00. The van der Waals surface area contributed by atoms with Gasteiger partial charge in [0.1, 0.15) is 0 Å². The summed E-state index contributed by atoms with van der Waals surface area (Å²) in [5.74, 6) is 1.09. The maximum Gasteiger partial charge on any atom is 0.238 e. The average molecular weight is 314 g/mol. The van der Waals surface area contributed by atoms with Gasteiger partial charge in [-0.1, -0.05) is 18.5 Å². The number of thioether (sulfide) groups is 1. The SMILES string of the molecule is CCC1CN(CC(=O)Nc2ccc(Cl)c(N)c2)CCS1. The van der Waals surface area contributed by atoms with Gasteiger partial charge in [0.2, 0.25) is 5.91 Å². The lowest BCUT2D eigenvalue weighted by molar-refractivity contribution is -0.117. The Labute approximate surface area is 129 Å². The predicted octanol–water partition coefficient (Wildman–Crippen LogP) is 2.69. The molecule has 1 aliphatic heterocycles. The third kappa shape index (κ3) is 4.30. The Morgan fingerprint density at radius 1 is 1.60 bits per heavy atom. The number of nitrogen functional groups attached to an aromatic ring is 1. The van der Waals surface area contributed by atoms with E-state index >= 15 is 0 Å². The molecule has 0 aliphatic carbocycles. The fourth-order valence-electron chi connectivity index (χ4n) is 2.20. The van der Waals surface area contributed by atoms with Crippen LogP contribution in [0.15, 0.2) is 18.2 Å². The average Bonchev–Trinajstić information content (AvgIpc) is 2.43. The maximum absolute atomic E-state index is 12.0. The van der Waals surface area contributed by atoms with Crippen LogP contribution in [0.3, 0.4) is 0 Å². The van der Waals surface area contributed by atoms with Crippen molar-refractivity contribution in [1.82, 2.24) is 4.90 Å². The van der Waals surface area contributed by atoms with E-state index in [9.17, 15) is 4.79 Å². The second-order valence-electron chi connectivity index (χ2n) is 4.92. The van der Waals surface area contributed by atoms with Crippen molar-refractivity contribution < 1.29 is 4.79 Å². The maximum atomic E-state index is 12.0. The fraction of sp³-hybridized carbons (Fsp3) is 0.500. The Kier molecular flexibility index (Phi) is 5.57. The van der Waals surface area contributed by atoms with Gasteiger partial charge in [-0.05, 0) is 24.6 Å². The second-order valence-corrected chi connectivity index (χ2v) is 6.74. The summed E-state index contributed by atoms with van der Waals surface area (Å²) in [6.07, 6.45) is 1.15. The lowest BCUT2D eigenvalue weighted by Gasteiger charge is -2.31. The summed E-state index contributed by atoms with van der Waals surface area (Å²) in [5.41, 5.74) is 6.89. The van der Waals surface area contributed by atoms with Crippen LogP contribution in [-0.2, 0) is 4.79 Å². The first-order valence-electron chi connectivity index (χ1n) is 6.77. The number of rotatable bonds is 4. The molecule has 1 saturated heterocycles. The lowest BCUT2D eigenvalue weighted by Crippen LogP contribution is -2.42. The highest BCUT2D eigenvalue weighted by atomic mass is 35.5. The zero-order valence-corrected chi connectivity index (χ0v) is 13.1. The van der Waals surface area contributed by atoms with Crippen molar-refractivity contribution in [2.24, 2.45) is 0 Å². The highest BCUT2D eigenvalue weighted by Crippen LogP contribution is 2.23. The molecule has 1 aliphatic rings. The van der Waals surface area contributed by atoms with Gasteiger partial charge in [0.05, 0.1) is 17.3 Å². The van der Waals surface area contributed by atoms with Crippen LogP contribution in [0.2, 0.25) is 5.02 Å². The predicted molar refractivity (Wildman–Crippen MR) is 87.5 cm³/mol. The molecule has 0 aromatic heterocycles. The van der Waals surface area contributed by atoms with Crippen molar-refractivity contribution in [3.63, 3.8) is 0 Å². The van der Waals surface area contributed by atoms with Crippen molar-refractivity contribution in [2.45, 2.75) is 18.6 Å². The molecule has 1 aromatic carbocycles. The minimum atomic E-state index is -0.00604. The molecule has 1 heterocycles. The van der Waals surface area contributed by atoms with Gasteiger partial charge in [-0.15, -0.1) is 0 Å². The molecule has 1 amide bonds. The number of hydrogen-bond donors (Lipinski definition) is 2. The summed E-state index contributed by atoms with van der Waals surface area (Å²) in [6, 6.07) is 5.13. The number of benzene rings is 1. The van der Waals surface area contributed by atoms with Crippen LogP contribution in [0.25, 0.3) is 0 Å². The summed E-state index contributed by atoms with van der Waals surface area (Å²) in [4.78, 5) is 14.2. The number of anilines is 2. The molecular formula is C14H20ClN3OS. The van der Waals surface area contributed by atoms with Gasteiger partial charge in [-0.3, -0.25) is 9.69 Å². The standard InChI is InChI=1S/C14H20ClN3OS/c1-2-11-8-18(5-6-20-11)9-14(19)17-10-3-4-12(15)13(16)7-10/h3-4,7,11H,2,5-6,8-9,16H2,1H3,(H,17,19). The number of halogens is 1. The molecule has 2 rings (SSSR count). The van der Waals surface area contributed by atoms with Crippen molar-refractivity contribution in [3.05, 3.63) is 23.2 Å². The van der Waals surface area contributed by atoms with Crippen molar-refractivity contribution in [2.75, 3.05) is 36.4 Å². The molecule has 3 N–H and O–H groups in total. The van der Waals surface area contributed by atoms with Crippen LogP contribution in [0.5, 0.6) is 0 Å². The Morgan fingerprint density at radius 3 is 3.10 bits per heavy atom. The molecule has 0 bridgehead atoms. The fourth-order valence-corrected chi connectivity index (χ4v) is 3.56. The van der Waals surface area contributed by atoms with Crippen molar-refractivity contribution >= 4 is 40.6 Å². The van der Waals surface area contributed by atoms with Crippen LogP contribution in [0, 0.1) is 0 Å². The number of nitrogens with one attached hydrogen (secondary N) is 1. The Balaban J connectivity index is 1.87. The Hall–Kier alpha value is -0.910. The van der Waals surface area contributed by atoms with E-state index < -0.39 is 0 Å². The number of nitrogens with zero attached hydrogens (tertiary/aromatic N) is 1. The number of carbonyl (C=O) groups is 1. The number of nitrogens with two attached hydrogens (primary N) is 1. The van der Waals surface area contributed by atoms with Gasteiger partial charge in [0, 0.05) is 29.8 Å². The summed E-state index contributed by atoms with van der Waals surface area (Å²) < 4.78 is 0. The molecule has 0 saturated carbocycles. The molecule has 1 aromatic rings. The van der Waals surface area contributed by atoms with Crippen molar-refractivity contribution in [3.8, 4) is 0 Å². The van der Waals surface area contributed by atoms with Crippen molar-refractivity contribution in [1.29, 1.82) is 0 Å². The van der Waals surface area contributed by atoms with Crippen LogP contribution in [0.1, 0.15) is 13.3 Å². The van der Waals surface area contributed by atoms with Gasteiger partial charge in [0.15, 0.2) is 0 Å². The van der Waals surface area contributed by atoms with Gasteiger partial charge >= 0.3 is 0 Å². The second kappa shape index (κ2) is 7.20. The molecule has 1 atom stereocenters. The first-order chi connectivity index (χ1) is 9.58. The van der Waals surface area contributed by atoms with Gasteiger partial charge in [0.25, 0.3) is 0 Å². The van der Waals surface area contributed by atoms with Crippen LogP contribution in [-0.4, -0.2) is 41.4 Å². The van der Waals surface area contributed by atoms with Crippen LogP contribution in [0.4, 0.5) is 11.4 Å². The summed E-state index contributed by atoms with van der Waals surface area (Å²) in [7, 11) is 0. The normalized spacial score (nSPS) is 19.8. The number of carbonyl (C=O) groups excluding carboxylic acids is 1. The van der Waals surface area contributed by atoms with E-state index in [4.69, 9.17) is 17.3 Å². The molecule has 4 nitrogen and oxygen atoms in total. The summed E-state index contributed by atoms with van der Waals surface area (Å²) >= 11 is 7.85. The first-order valence-corrected chi connectivity index (χ1v) is 8.20. The van der Waals surface area contributed by atoms with Gasteiger partial charge < -0.3 is 11.1 Å². The van der Waals surface area contributed by atoms with Crippen LogP contribution < -0.4 is 11.1 Å². The molecule has 6 heteroatoms. The van der Waals surface area contributed by atoms with E-state index in [1.165, 1.54) is 0 Å². The third-order valence-corrected chi connectivity index (χ3v) is 5.04. The zero-order chi connectivity index (χ0) is 14.5. The Morgan fingerprint density at radius 2 is 2.40 bits per heavy atom. The minimum Gasteiger partial charge on any atom is -0.397 e. The smallest absolute Gasteiger partial charge is 0.238 e. The quantitative estimate of drug-likeness (QED) is 0.839. The van der Waals surface area contributed by atoms with Crippen LogP contribution >= 0.6 is 23.4 Å². The molecular weight excluding hydrogens is 294 g/mol. The molecule has 20 heavy (non-hydrogen) atoms. The lowest BCUT2D eigenvalue weighted by atomic mass is 10.2. The highest BCUT2D eigenvalue weighted by Gasteiger charge is 2.20. The van der Waals surface area contributed by atoms with Gasteiger partial charge in [-0.25, -0.2) is 0 Å².